The Kier molecular flexibility index (Phi) is 6.38. The fourth-order valence-corrected chi connectivity index (χ4v) is 3.36. The molecule has 1 saturated carbocycles. The van der Waals surface area contributed by atoms with E-state index >= 15 is 0 Å². The molecule has 0 unspecified atom stereocenters. The summed E-state index contributed by atoms with van der Waals surface area (Å²) in [7, 11) is 0. The van der Waals surface area contributed by atoms with Crippen LogP contribution in [0.4, 0.5) is 0 Å². The van der Waals surface area contributed by atoms with Crippen molar-refractivity contribution < 1.29 is 4.74 Å². The molecule has 2 rings (SSSR count). The van der Waals surface area contributed by atoms with Gasteiger partial charge in [-0.15, -0.1) is 0 Å². The van der Waals surface area contributed by atoms with Crippen LogP contribution in [0, 0.1) is 5.41 Å². The van der Waals surface area contributed by atoms with Crippen LogP contribution in [0.5, 0.6) is 5.75 Å². The highest BCUT2D eigenvalue weighted by atomic mass is 16.5. The summed E-state index contributed by atoms with van der Waals surface area (Å²) >= 11 is 0. The molecular formula is C18H29NO. The first kappa shape index (κ1) is 15.4. The van der Waals surface area contributed by atoms with Gasteiger partial charge < -0.3 is 10.1 Å². The monoisotopic (exact) mass is 275 g/mol. The van der Waals surface area contributed by atoms with E-state index in [9.17, 15) is 0 Å². The molecule has 20 heavy (non-hydrogen) atoms. The lowest BCUT2D eigenvalue weighted by molar-refractivity contribution is 0.152. The summed E-state index contributed by atoms with van der Waals surface area (Å²) in [6, 6.07) is 10.2. The quantitative estimate of drug-likeness (QED) is 0.710. The van der Waals surface area contributed by atoms with Crippen LogP contribution in [-0.4, -0.2) is 19.7 Å². The molecule has 1 aliphatic carbocycles. The second-order valence-electron chi connectivity index (χ2n) is 6.11. The second-order valence-corrected chi connectivity index (χ2v) is 6.11. The van der Waals surface area contributed by atoms with Crippen LogP contribution in [0.15, 0.2) is 30.3 Å². The van der Waals surface area contributed by atoms with Crippen LogP contribution in [0.3, 0.4) is 0 Å². The first-order valence-electron chi connectivity index (χ1n) is 8.23. The molecule has 0 atom stereocenters. The molecule has 2 nitrogen and oxygen atoms in total. The lowest BCUT2D eigenvalue weighted by Crippen LogP contribution is -2.36. The van der Waals surface area contributed by atoms with Gasteiger partial charge in [0.1, 0.15) is 5.75 Å². The number of nitrogens with one attached hydrogen (secondary N) is 1. The minimum atomic E-state index is 0.536. The van der Waals surface area contributed by atoms with Gasteiger partial charge in [-0.2, -0.15) is 0 Å². The van der Waals surface area contributed by atoms with Crippen molar-refractivity contribution in [3.63, 3.8) is 0 Å². The Bertz CT molecular complexity index is 357. The van der Waals surface area contributed by atoms with E-state index in [1.54, 1.807) is 0 Å². The Labute approximate surface area is 123 Å². The summed E-state index contributed by atoms with van der Waals surface area (Å²) in [5.74, 6) is 0.997. The van der Waals surface area contributed by atoms with Gasteiger partial charge in [-0.3, -0.25) is 0 Å². The van der Waals surface area contributed by atoms with Gasteiger partial charge in [0, 0.05) is 6.54 Å². The summed E-state index contributed by atoms with van der Waals surface area (Å²) in [5.41, 5.74) is 0.536. The molecule has 2 heteroatoms. The van der Waals surface area contributed by atoms with Gasteiger partial charge in [-0.1, -0.05) is 44.4 Å². The summed E-state index contributed by atoms with van der Waals surface area (Å²) < 4.78 is 5.83. The minimum absolute atomic E-state index is 0.536. The normalized spacial score (nSPS) is 17.9. The second kappa shape index (κ2) is 8.31. The first-order chi connectivity index (χ1) is 9.85. The molecule has 0 spiro atoms. The van der Waals surface area contributed by atoms with Gasteiger partial charge in [-0.05, 0) is 49.8 Å². The summed E-state index contributed by atoms with van der Waals surface area (Å²) in [6.45, 7) is 5.32. The van der Waals surface area contributed by atoms with Crippen LogP contribution in [-0.2, 0) is 0 Å². The fraction of sp³-hybridized carbons (Fsp3) is 0.667. The first-order valence-corrected chi connectivity index (χ1v) is 8.23. The lowest BCUT2D eigenvalue weighted by Gasteiger charge is -2.37. The predicted octanol–water partition coefficient (Wildman–Crippen LogP) is 4.41. The lowest BCUT2D eigenvalue weighted by atomic mass is 9.71. The van der Waals surface area contributed by atoms with E-state index in [-0.39, 0.29) is 0 Å². The highest BCUT2D eigenvalue weighted by Crippen LogP contribution is 2.39. The molecule has 1 aromatic carbocycles. The molecular weight excluding hydrogens is 246 g/mol. The minimum Gasteiger partial charge on any atom is -0.494 e. The Morgan fingerprint density at radius 1 is 1.10 bits per heavy atom. The van der Waals surface area contributed by atoms with Gasteiger partial charge in [0.15, 0.2) is 0 Å². The molecule has 0 heterocycles. The van der Waals surface area contributed by atoms with Crippen LogP contribution in [0.25, 0.3) is 0 Å². The van der Waals surface area contributed by atoms with Crippen molar-refractivity contribution >= 4 is 0 Å². The molecule has 112 valence electrons. The predicted molar refractivity (Wildman–Crippen MR) is 85.2 cm³/mol. The van der Waals surface area contributed by atoms with Crippen molar-refractivity contribution in [3.8, 4) is 5.75 Å². The largest absolute Gasteiger partial charge is 0.494 e. The molecule has 0 radical (unpaired) electrons. The van der Waals surface area contributed by atoms with E-state index in [1.807, 2.05) is 30.3 Å². The number of rotatable bonds is 8. The fourth-order valence-electron chi connectivity index (χ4n) is 3.36. The Hall–Kier alpha value is -1.02. The van der Waals surface area contributed by atoms with Crippen molar-refractivity contribution in [1.82, 2.24) is 5.32 Å². The number of hydrogen-bond donors (Lipinski definition) is 1. The average molecular weight is 275 g/mol. The van der Waals surface area contributed by atoms with Crippen molar-refractivity contribution in [3.05, 3.63) is 30.3 Å². The van der Waals surface area contributed by atoms with Crippen molar-refractivity contribution in [1.29, 1.82) is 0 Å². The molecule has 0 saturated heterocycles. The molecule has 0 amide bonds. The third-order valence-corrected chi connectivity index (χ3v) is 4.53. The standard InChI is InChI=1S/C18H29NO/c1-2-19-16-18(12-7-4-8-13-18)14-9-15-20-17-10-5-3-6-11-17/h3,5-6,10-11,19H,2,4,7-9,12-16H2,1H3. The van der Waals surface area contributed by atoms with E-state index in [0.717, 1.165) is 18.9 Å². The Balaban J connectivity index is 1.74. The zero-order valence-corrected chi connectivity index (χ0v) is 12.9. The highest BCUT2D eigenvalue weighted by Gasteiger charge is 2.30. The average Bonchev–Trinajstić information content (AvgIpc) is 2.52. The third kappa shape index (κ3) is 4.82. The van der Waals surface area contributed by atoms with Crippen molar-refractivity contribution in [2.24, 2.45) is 5.41 Å². The van der Waals surface area contributed by atoms with Gasteiger partial charge in [0.2, 0.25) is 0 Å². The molecule has 0 aliphatic heterocycles. The van der Waals surface area contributed by atoms with E-state index < -0.39 is 0 Å². The molecule has 1 N–H and O–H groups in total. The zero-order chi connectivity index (χ0) is 14.1. The number of para-hydroxylation sites is 1. The van der Waals surface area contributed by atoms with E-state index in [4.69, 9.17) is 4.74 Å². The van der Waals surface area contributed by atoms with Crippen LogP contribution >= 0.6 is 0 Å². The van der Waals surface area contributed by atoms with E-state index in [2.05, 4.69) is 12.2 Å². The molecule has 0 bridgehead atoms. The van der Waals surface area contributed by atoms with Crippen molar-refractivity contribution in [2.45, 2.75) is 51.9 Å². The maximum absolute atomic E-state index is 5.83. The van der Waals surface area contributed by atoms with Gasteiger partial charge >= 0.3 is 0 Å². The van der Waals surface area contributed by atoms with Crippen LogP contribution in [0.2, 0.25) is 0 Å². The molecule has 1 fully saturated rings. The van der Waals surface area contributed by atoms with E-state index in [1.165, 1.54) is 51.5 Å². The number of ether oxygens (including phenoxy) is 1. The smallest absolute Gasteiger partial charge is 0.119 e. The molecule has 0 aromatic heterocycles. The maximum Gasteiger partial charge on any atom is 0.119 e. The topological polar surface area (TPSA) is 21.3 Å². The maximum atomic E-state index is 5.83. The van der Waals surface area contributed by atoms with Crippen molar-refractivity contribution in [2.75, 3.05) is 19.7 Å². The van der Waals surface area contributed by atoms with Gasteiger partial charge in [-0.25, -0.2) is 0 Å². The van der Waals surface area contributed by atoms with E-state index in [0.29, 0.717) is 5.41 Å². The van der Waals surface area contributed by atoms with Crippen LogP contribution in [0.1, 0.15) is 51.9 Å². The third-order valence-electron chi connectivity index (χ3n) is 4.53. The molecule has 1 aromatic rings. The number of benzene rings is 1. The Morgan fingerprint density at radius 2 is 1.85 bits per heavy atom. The molecule has 1 aliphatic rings. The summed E-state index contributed by atoms with van der Waals surface area (Å²) in [5, 5.41) is 3.58. The Morgan fingerprint density at radius 3 is 2.55 bits per heavy atom. The van der Waals surface area contributed by atoms with Gasteiger partial charge in [0.25, 0.3) is 0 Å². The number of hydrogen-bond acceptors (Lipinski definition) is 2. The van der Waals surface area contributed by atoms with Gasteiger partial charge in [0.05, 0.1) is 6.61 Å². The SMILES string of the molecule is CCNCC1(CCCOc2ccccc2)CCCCC1. The van der Waals surface area contributed by atoms with Crippen LogP contribution < -0.4 is 10.1 Å². The summed E-state index contributed by atoms with van der Waals surface area (Å²) in [6.07, 6.45) is 9.49. The summed E-state index contributed by atoms with van der Waals surface area (Å²) in [4.78, 5) is 0. The highest BCUT2D eigenvalue weighted by molar-refractivity contribution is 5.20. The zero-order valence-electron chi connectivity index (χ0n) is 12.9.